The van der Waals surface area contributed by atoms with Gasteiger partial charge in [0, 0.05) is 32.3 Å². The number of carbonyl (C=O) groups excluding carboxylic acids is 1. The van der Waals surface area contributed by atoms with Crippen molar-refractivity contribution in [2.45, 2.75) is 18.8 Å². The fourth-order valence-corrected chi connectivity index (χ4v) is 3.62. The van der Waals surface area contributed by atoms with Crippen LogP contribution in [-0.2, 0) is 7.05 Å². The first-order valence-corrected chi connectivity index (χ1v) is 9.15. The third-order valence-electron chi connectivity index (χ3n) is 4.92. The topological polar surface area (TPSA) is 71.7 Å². The third kappa shape index (κ3) is 3.30. The van der Waals surface area contributed by atoms with Crippen molar-refractivity contribution in [2.24, 2.45) is 7.05 Å². The first-order valence-electron chi connectivity index (χ1n) is 8.74. The third-order valence-corrected chi connectivity index (χ3v) is 5.28. The number of piperidine rings is 1. The van der Waals surface area contributed by atoms with E-state index < -0.39 is 0 Å². The minimum absolute atomic E-state index is 0.112. The quantitative estimate of drug-likeness (QED) is 0.703. The van der Waals surface area contributed by atoms with Gasteiger partial charge in [-0.3, -0.25) is 9.89 Å². The molecule has 9 heteroatoms. The Balaban J connectivity index is 1.54. The number of likely N-dealkylation sites (tertiary alicyclic amines) is 1. The molecule has 2 aromatic heterocycles. The van der Waals surface area contributed by atoms with Crippen LogP contribution in [0.15, 0.2) is 36.7 Å². The summed E-state index contributed by atoms with van der Waals surface area (Å²) in [5, 5.41) is 11.3. The number of hydrogen-bond donors (Lipinski definition) is 1. The molecule has 0 bridgehead atoms. The lowest BCUT2D eigenvalue weighted by Crippen LogP contribution is -2.39. The van der Waals surface area contributed by atoms with Gasteiger partial charge >= 0.3 is 0 Å². The molecular formula is C18H19FN6OS. The van der Waals surface area contributed by atoms with Crippen LogP contribution in [0.2, 0.25) is 0 Å². The lowest BCUT2D eigenvalue weighted by Gasteiger charge is -2.31. The number of carbonyl (C=O) groups is 1. The number of benzene rings is 1. The molecule has 0 radical (unpaired) electrons. The summed E-state index contributed by atoms with van der Waals surface area (Å²) in [7, 11) is 1.88. The molecule has 1 aliphatic heterocycles. The zero-order valence-electron chi connectivity index (χ0n) is 14.8. The number of amides is 1. The van der Waals surface area contributed by atoms with Gasteiger partial charge in [-0.1, -0.05) is 12.1 Å². The first kappa shape index (κ1) is 17.6. The van der Waals surface area contributed by atoms with Gasteiger partial charge in [0.15, 0.2) is 4.77 Å². The Bertz CT molecular complexity index is 1040. The van der Waals surface area contributed by atoms with Gasteiger partial charge in [0.25, 0.3) is 5.91 Å². The average Bonchev–Trinajstić information content (AvgIpc) is 3.29. The van der Waals surface area contributed by atoms with Gasteiger partial charge in [-0.2, -0.15) is 10.2 Å². The van der Waals surface area contributed by atoms with Gasteiger partial charge in [0.2, 0.25) is 0 Å². The van der Waals surface area contributed by atoms with Gasteiger partial charge in [0.05, 0.1) is 11.8 Å². The molecule has 4 rings (SSSR count). The average molecular weight is 386 g/mol. The molecule has 0 spiro atoms. The van der Waals surface area contributed by atoms with E-state index in [1.807, 2.05) is 11.6 Å². The maximum Gasteiger partial charge on any atom is 0.257 e. The van der Waals surface area contributed by atoms with Crippen LogP contribution in [0, 0.1) is 10.6 Å². The van der Waals surface area contributed by atoms with Crippen LogP contribution in [0.3, 0.4) is 0 Å². The standard InChI is InChI=1S/C18H19FN6OS/c1-23-16(21-22-18(23)27)12-5-4-8-24(10-12)17(26)13-9-20-25(11-13)15-7-3-2-6-14(15)19/h2-3,6-7,9,11-12H,4-5,8,10H2,1H3,(H,22,27). The molecule has 140 valence electrons. The molecule has 0 aliphatic carbocycles. The predicted octanol–water partition coefficient (Wildman–Crippen LogP) is 2.82. The second kappa shape index (κ2) is 7.07. The summed E-state index contributed by atoms with van der Waals surface area (Å²) < 4.78 is 17.8. The summed E-state index contributed by atoms with van der Waals surface area (Å²) in [6.07, 6.45) is 4.89. The normalized spacial score (nSPS) is 17.3. The monoisotopic (exact) mass is 386 g/mol. The Hall–Kier alpha value is -2.81. The molecule has 1 saturated heterocycles. The van der Waals surface area contributed by atoms with Crippen LogP contribution in [0.4, 0.5) is 4.39 Å². The molecular weight excluding hydrogens is 367 g/mol. The lowest BCUT2D eigenvalue weighted by molar-refractivity contribution is 0.0703. The van der Waals surface area contributed by atoms with E-state index in [4.69, 9.17) is 12.2 Å². The number of halogens is 1. The number of aromatic amines is 1. The zero-order chi connectivity index (χ0) is 19.0. The number of aromatic nitrogens is 5. The number of rotatable bonds is 3. The van der Waals surface area contributed by atoms with Crippen LogP contribution >= 0.6 is 12.2 Å². The molecule has 0 saturated carbocycles. The van der Waals surface area contributed by atoms with Gasteiger partial charge in [-0.15, -0.1) is 0 Å². The molecule has 1 aliphatic rings. The second-order valence-electron chi connectivity index (χ2n) is 6.66. The molecule has 1 N–H and O–H groups in total. The first-order chi connectivity index (χ1) is 13.0. The van der Waals surface area contributed by atoms with Crippen molar-refractivity contribution in [3.8, 4) is 5.69 Å². The zero-order valence-corrected chi connectivity index (χ0v) is 15.6. The maximum atomic E-state index is 13.9. The Morgan fingerprint density at radius 3 is 2.93 bits per heavy atom. The summed E-state index contributed by atoms with van der Waals surface area (Å²) in [5.74, 6) is 0.490. The van der Waals surface area contributed by atoms with E-state index in [1.165, 1.54) is 16.9 Å². The summed E-state index contributed by atoms with van der Waals surface area (Å²) in [6.45, 7) is 1.24. The summed E-state index contributed by atoms with van der Waals surface area (Å²) >= 11 is 5.18. The molecule has 3 heterocycles. The Labute approximate surface area is 160 Å². The van der Waals surface area contributed by atoms with Crippen molar-refractivity contribution in [1.82, 2.24) is 29.4 Å². The molecule has 1 unspecified atom stereocenters. The van der Waals surface area contributed by atoms with Crippen LogP contribution in [-0.4, -0.2) is 48.4 Å². The van der Waals surface area contributed by atoms with Crippen LogP contribution < -0.4 is 0 Å². The van der Waals surface area contributed by atoms with E-state index in [9.17, 15) is 9.18 Å². The smallest absolute Gasteiger partial charge is 0.257 e. The van der Waals surface area contributed by atoms with Crippen molar-refractivity contribution in [2.75, 3.05) is 13.1 Å². The van der Waals surface area contributed by atoms with E-state index in [1.54, 1.807) is 29.3 Å². The van der Waals surface area contributed by atoms with Gasteiger partial charge in [-0.25, -0.2) is 9.07 Å². The molecule has 1 aromatic carbocycles. The highest BCUT2D eigenvalue weighted by atomic mass is 32.1. The number of hydrogen-bond acceptors (Lipinski definition) is 4. The van der Waals surface area contributed by atoms with Gasteiger partial charge in [0.1, 0.15) is 17.3 Å². The largest absolute Gasteiger partial charge is 0.338 e. The van der Waals surface area contributed by atoms with Crippen molar-refractivity contribution in [3.63, 3.8) is 0 Å². The van der Waals surface area contributed by atoms with E-state index in [0.717, 1.165) is 18.7 Å². The predicted molar refractivity (Wildman–Crippen MR) is 99.8 cm³/mol. The number of para-hydroxylation sites is 1. The molecule has 7 nitrogen and oxygen atoms in total. The molecule has 3 aromatic rings. The highest BCUT2D eigenvalue weighted by Crippen LogP contribution is 2.26. The second-order valence-corrected chi connectivity index (χ2v) is 7.05. The van der Waals surface area contributed by atoms with Crippen molar-refractivity contribution >= 4 is 18.1 Å². The van der Waals surface area contributed by atoms with Crippen LogP contribution in [0.1, 0.15) is 34.9 Å². The molecule has 27 heavy (non-hydrogen) atoms. The minimum atomic E-state index is -0.386. The van der Waals surface area contributed by atoms with Gasteiger partial charge in [-0.05, 0) is 37.2 Å². The summed E-state index contributed by atoms with van der Waals surface area (Å²) in [5.41, 5.74) is 0.754. The Morgan fingerprint density at radius 2 is 2.19 bits per heavy atom. The van der Waals surface area contributed by atoms with E-state index in [0.29, 0.717) is 29.1 Å². The van der Waals surface area contributed by atoms with Crippen LogP contribution in [0.5, 0.6) is 0 Å². The van der Waals surface area contributed by atoms with Crippen molar-refractivity contribution in [1.29, 1.82) is 0 Å². The highest BCUT2D eigenvalue weighted by molar-refractivity contribution is 7.71. The fraction of sp³-hybridized carbons (Fsp3) is 0.333. The fourth-order valence-electron chi connectivity index (χ4n) is 3.48. The van der Waals surface area contributed by atoms with Crippen molar-refractivity contribution in [3.05, 3.63) is 58.6 Å². The number of nitrogens with one attached hydrogen (secondary N) is 1. The van der Waals surface area contributed by atoms with Crippen LogP contribution in [0.25, 0.3) is 5.69 Å². The van der Waals surface area contributed by atoms with E-state index in [-0.39, 0.29) is 17.6 Å². The van der Waals surface area contributed by atoms with E-state index in [2.05, 4.69) is 15.3 Å². The van der Waals surface area contributed by atoms with E-state index >= 15 is 0 Å². The molecule has 1 atom stereocenters. The summed E-state index contributed by atoms with van der Waals surface area (Å²) in [6, 6.07) is 6.34. The molecule has 1 amide bonds. The molecule has 1 fully saturated rings. The van der Waals surface area contributed by atoms with Gasteiger partial charge < -0.3 is 9.47 Å². The Morgan fingerprint density at radius 1 is 1.37 bits per heavy atom. The minimum Gasteiger partial charge on any atom is -0.338 e. The van der Waals surface area contributed by atoms with Crippen molar-refractivity contribution < 1.29 is 9.18 Å². The lowest BCUT2D eigenvalue weighted by atomic mass is 9.97. The summed E-state index contributed by atoms with van der Waals surface area (Å²) in [4.78, 5) is 14.7. The SMILES string of the molecule is Cn1c(C2CCCN(C(=O)c3cnn(-c4ccccc4F)c3)C2)n[nH]c1=S. The highest BCUT2D eigenvalue weighted by Gasteiger charge is 2.28. The number of nitrogens with zero attached hydrogens (tertiary/aromatic N) is 5. The maximum absolute atomic E-state index is 13.9. The Kier molecular flexibility index (Phi) is 4.61. The number of H-pyrrole nitrogens is 1.